The molecular weight excluding hydrogens is 248 g/mol. The number of ether oxygens (including phenoxy) is 1. The molecule has 1 aromatic carbocycles. The molecule has 3 heteroatoms. The topological polar surface area (TPSA) is 26.3 Å². The van der Waals surface area contributed by atoms with Gasteiger partial charge in [-0.3, -0.25) is 0 Å². The standard InChI is InChI=1S/C15H17ClO2/c1-4-18-14(17)6-5-11-15(2,3)12-7-9-13(16)10-8-12/h7-10H,4,11H2,1-3H3. The van der Waals surface area contributed by atoms with Crippen LogP contribution in [0.5, 0.6) is 0 Å². The lowest BCUT2D eigenvalue weighted by Crippen LogP contribution is -2.16. The van der Waals surface area contributed by atoms with E-state index in [1.165, 1.54) is 0 Å². The van der Waals surface area contributed by atoms with Gasteiger partial charge in [-0.05, 0) is 24.6 Å². The normalized spacial score (nSPS) is 10.4. The molecule has 0 amide bonds. The molecule has 0 spiro atoms. The minimum atomic E-state index is -0.468. The summed E-state index contributed by atoms with van der Waals surface area (Å²) >= 11 is 5.85. The van der Waals surface area contributed by atoms with Crippen molar-refractivity contribution >= 4 is 17.6 Å². The molecule has 18 heavy (non-hydrogen) atoms. The van der Waals surface area contributed by atoms with Crippen LogP contribution in [0.4, 0.5) is 0 Å². The van der Waals surface area contributed by atoms with Gasteiger partial charge in [-0.2, -0.15) is 0 Å². The van der Waals surface area contributed by atoms with Crippen LogP contribution in [0, 0.1) is 11.8 Å². The molecule has 1 aromatic rings. The smallest absolute Gasteiger partial charge is 0.384 e. The van der Waals surface area contributed by atoms with Gasteiger partial charge < -0.3 is 4.74 Å². The number of carbonyl (C=O) groups excluding carboxylic acids is 1. The fourth-order valence-corrected chi connectivity index (χ4v) is 1.63. The summed E-state index contributed by atoms with van der Waals surface area (Å²) in [6.45, 7) is 6.28. The third kappa shape index (κ3) is 4.43. The number of halogens is 1. The van der Waals surface area contributed by atoms with Gasteiger partial charge >= 0.3 is 5.97 Å². The maximum absolute atomic E-state index is 11.1. The number of rotatable bonds is 3. The van der Waals surface area contributed by atoms with Crippen LogP contribution in [0.25, 0.3) is 0 Å². The molecule has 0 N–H and O–H groups in total. The first-order valence-corrected chi connectivity index (χ1v) is 6.25. The van der Waals surface area contributed by atoms with Gasteiger partial charge in [0.2, 0.25) is 0 Å². The molecule has 0 aliphatic carbocycles. The minimum Gasteiger partial charge on any atom is -0.456 e. The average molecular weight is 265 g/mol. The van der Waals surface area contributed by atoms with Crippen LogP contribution < -0.4 is 0 Å². The summed E-state index contributed by atoms with van der Waals surface area (Å²) in [5.74, 6) is 4.88. The van der Waals surface area contributed by atoms with Gasteiger partial charge in [-0.15, -0.1) is 0 Å². The molecule has 0 saturated heterocycles. The first-order valence-electron chi connectivity index (χ1n) is 5.87. The zero-order chi connectivity index (χ0) is 13.6. The molecule has 0 radical (unpaired) electrons. The number of hydrogen-bond donors (Lipinski definition) is 0. The maximum Gasteiger partial charge on any atom is 0.384 e. The minimum absolute atomic E-state index is 0.121. The summed E-state index contributed by atoms with van der Waals surface area (Å²) in [6, 6.07) is 7.68. The number of benzene rings is 1. The summed E-state index contributed by atoms with van der Waals surface area (Å²) in [6.07, 6.45) is 0.591. The second-order valence-electron chi connectivity index (χ2n) is 4.59. The Morgan fingerprint density at radius 2 is 1.94 bits per heavy atom. The van der Waals surface area contributed by atoms with Crippen molar-refractivity contribution in [3.05, 3.63) is 34.9 Å². The van der Waals surface area contributed by atoms with Crippen molar-refractivity contribution in [1.29, 1.82) is 0 Å². The summed E-state index contributed by atoms with van der Waals surface area (Å²) in [7, 11) is 0. The Morgan fingerprint density at radius 3 is 2.50 bits per heavy atom. The third-order valence-electron chi connectivity index (χ3n) is 2.62. The maximum atomic E-state index is 11.1. The Labute approximate surface area is 113 Å². The predicted octanol–water partition coefficient (Wildman–Crippen LogP) is 3.57. The lowest BCUT2D eigenvalue weighted by atomic mass is 9.82. The van der Waals surface area contributed by atoms with Crippen molar-refractivity contribution in [1.82, 2.24) is 0 Å². The Balaban J connectivity index is 2.70. The van der Waals surface area contributed by atoms with Crippen LogP contribution in [-0.4, -0.2) is 12.6 Å². The first kappa shape index (κ1) is 14.6. The van der Waals surface area contributed by atoms with E-state index in [-0.39, 0.29) is 5.41 Å². The Kier molecular flexibility index (Phi) is 5.25. The first-order chi connectivity index (χ1) is 8.45. The zero-order valence-electron chi connectivity index (χ0n) is 10.9. The fourth-order valence-electron chi connectivity index (χ4n) is 1.51. The van der Waals surface area contributed by atoms with Crippen molar-refractivity contribution < 1.29 is 9.53 Å². The highest BCUT2D eigenvalue weighted by Crippen LogP contribution is 2.27. The van der Waals surface area contributed by atoms with Gasteiger partial charge in [-0.25, -0.2) is 4.79 Å². The molecule has 0 aliphatic rings. The Hall–Kier alpha value is -1.46. The highest BCUT2D eigenvalue weighted by molar-refractivity contribution is 6.30. The van der Waals surface area contributed by atoms with Crippen LogP contribution >= 0.6 is 11.6 Å². The van der Waals surface area contributed by atoms with Crippen molar-refractivity contribution in [3.8, 4) is 11.8 Å². The molecule has 0 bridgehead atoms. The molecule has 0 heterocycles. The highest BCUT2D eigenvalue weighted by Gasteiger charge is 2.19. The lowest BCUT2D eigenvalue weighted by Gasteiger charge is -2.22. The van der Waals surface area contributed by atoms with E-state index in [1.54, 1.807) is 6.92 Å². The van der Waals surface area contributed by atoms with E-state index in [2.05, 4.69) is 25.7 Å². The molecule has 0 aromatic heterocycles. The molecule has 0 atom stereocenters. The van der Waals surface area contributed by atoms with Gasteiger partial charge in [0.1, 0.15) is 0 Å². The van der Waals surface area contributed by atoms with E-state index in [0.717, 1.165) is 5.56 Å². The van der Waals surface area contributed by atoms with Gasteiger partial charge in [0.05, 0.1) is 6.61 Å². The summed E-state index contributed by atoms with van der Waals surface area (Å²) in [5.41, 5.74) is 1.02. The van der Waals surface area contributed by atoms with Crippen LogP contribution in [0.1, 0.15) is 32.8 Å². The van der Waals surface area contributed by atoms with Crippen LogP contribution in [0.3, 0.4) is 0 Å². The second-order valence-corrected chi connectivity index (χ2v) is 5.03. The molecular formula is C15H17ClO2. The van der Waals surface area contributed by atoms with Gasteiger partial charge in [0, 0.05) is 22.8 Å². The molecule has 0 unspecified atom stereocenters. The number of carbonyl (C=O) groups is 1. The molecule has 96 valence electrons. The zero-order valence-corrected chi connectivity index (χ0v) is 11.7. The summed E-state index contributed by atoms with van der Waals surface area (Å²) in [5, 5.41) is 0.715. The molecule has 0 fully saturated rings. The van der Waals surface area contributed by atoms with E-state index in [0.29, 0.717) is 18.1 Å². The predicted molar refractivity (Wildman–Crippen MR) is 73.5 cm³/mol. The van der Waals surface area contributed by atoms with Crippen molar-refractivity contribution in [2.24, 2.45) is 0 Å². The second kappa shape index (κ2) is 6.47. The van der Waals surface area contributed by atoms with E-state index in [9.17, 15) is 4.79 Å². The molecule has 1 rings (SSSR count). The number of esters is 1. The van der Waals surface area contributed by atoms with Gasteiger partial charge in [0.15, 0.2) is 0 Å². The fraction of sp³-hybridized carbons (Fsp3) is 0.400. The van der Waals surface area contributed by atoms with E-state index >= 15 is 0 Å². The molecule has 2 nitrogen and oxygen atoms in total. The third-order valence-corrected chi connectivity index (χ3v) is 2.87. The van der Waals surface area contributed by atoms with Gasteiger partial charge in [0.25, 0.3) is 0 Å². The Bertz CT molecular complexity index is 464. The van der Waals surface area contributed by atoms with E-state index in [4.69, 9.17) is 16.3 Å². The SMILES string of the molecule is CCOC(=O)C#CCC(C)(C)c1ccc(Cl)cc1. The van der Waals surface area contributed by atoms with Gasteiger partial charge in [-0.1, -0.05) is 43.5 Å². The Morgan fingerprint density at radius 1 is 1.33 bits per heavy atom. The lowest BCUT2D eigenvalue weighted by molar-refractivity contribution is -0.136. The van der Waals surface area contributed by atoms with Crippen LogP contribution in [0.2, 0.25) is 5.02 Å². The van der Waals surface area contributed by atoms with E-state index in [1.807, 2.05) is 24.3 Å². The molecule has 0 saturated carbocycles. The quantitative estimate of drug-likeness (QED) is 0.474. The number of hydrogen-bond acceptors (Lipinski definition) is 2. The summed E-state index contributed by atoms with van der Waals surface area (Å²) < 4.78 is 4.75. The molecule has 0 aliphatic heterocycles. The highest BCUT2D eigenvalue weighted by atomic mass is 35.5. The average Bonchev–Trinajstić information content (AvgIpc) is 2.29. The van der Waals surface area contributed by atoms with Crippen LogP contribution in [-0.2, 0) is 14.9 Å². The van der Waals surface area contributed by atoms with E-state index < -0.39 is 5.97 Å². The van der Waals surface area contributed by atoms with Crippen molar-refractivity contribution in [3.63, 3.8) is 0 Å². The van der Waals surface area contributed by atoms with Crippen LogP contribution in [0.15, 0.2) is 24.3 Å². The van der Waals surface area contributed by atoms with Crippen molar-refractivity contribution in [2.45, 2.75) is 32.6 Å². The van der Waals surface area contributed by atoms with Crippen molar-refractivity contribution in [2.75, 3.05) is 6.61 Å². The summed E-state index contributed by atoms with van der Waals surface area (Å²) in [4.78, 5) is 11.1. The monoisotopic (exact) mass is 264 g/mol. The largest absolute Gasteiger partial charge is 0.456 e.